The molecule has 1 aromatic heterocycles. The molecule has 0 aliphatic carbocycles. The molecule has 1 atom stereocenters. The van der Waals surface area contributed by atoms with Gasteiger partial charge in [-0.25, -0.2) is 4.98 Å². The van der Waals surface area contributed by atoms with E-state index in [1.165, 1.54) is 0 Å². The van der Waals surface area contributed by atoms with Crippen LogP contribution in [-0.4, -0.2) is 29.4 Å². The predicted molar refractivity (Wildman–Crippen MR) is 81.4 cm³/mol. The van der Waals surface area contributed by atoms with Crippen molar-refractivity contribution >= 4 is 11.7 Å². The number of carbonyl (C=O) groups is 1. The van der Waals surface area contributed by atoms with Gasteiger partial charge >= 0.3 is 0 Å². The molecule has 0 saturated carbocycles. The number of likely N-dealkylation sites (tertiary alicyclic amines) is 1. The summed E-state index contributed by atoms with van der Waals surface area (Å²) in [6, 6.07) is 4.00. The van der Waals surface area contributed by atoms with Crippen molar-refractivity contribution < 1.29 is 4.79 Å². The molecule has 20 heavy (non-hydrogen) atoms. The molecular formula is C16H25N3O. The molecule has 1 aliphatic rings. The second-order valence-corrected chi connectivity index (χ2v) is 5.95. The van der Waals surface area contributed by atoms with Crippen molar-refractivity contribution in [3.05, 3.63) is 23.9 Å². The fraction of sp³-hybridized carbons (Fsp3) is 0.625. The van der Waals surface area contributed by atoms with Crippen LogP contribution >= 0.6 is 0 Å². The molecule has 0 spiro atoms. The van der Waals surface area contributed by atoms with E-state index in [1.54, 1.807) is 6.20 Å². The first-order valence-corrected chi connectivity index (χ1v) is 7.50. The Hall–Kier alpha value is -1.58. The first-order chi connectivity index (χ1) is 9.60. The van der Waals surface area contributed by atoms with Crippen molar-refractivity contribution in [2.24, 2.45) is 11.8 Å². The Morgan fingerprint density at radius 1 is 1.45 bits per heavy atom. The molecule has 1 unspecified atom stereocenters. The summed E-state index contributed by atoms with van der Waals surface area (Å²) in [5.41, 5.74) is 1.14. The largest absolute Gasteiger partial charge is 0.373 e. The van der Waals surface area contributed by atoms with Crippen LogP contribution in [0.15, 0.2) is 18.3 Å². The van der Waals surface area contributed by atoms with Crippen molar-refractivity contribution in [3.63, 3.8) is 0 Å². The molecule has 4 heteroatoms. The summed E-state index contributed by atoms with van der Waals surface area (Å²) in [5, 5.41) is 3.04. The Labute approximate surface area is 121 Å². The molecule has 1 fully saturated rings. The summed E-state index contributed by atoms with van der Waals surface area (Å²) in [5.74, 6) is 2.48. The van der Waals surface area contributed by atoms with E-state index in [-0.39, 0.29) is 5.91 Å². The first-order valence-electron chi connectivity index (χ1n) is 7.50. The van der Waals surface area contributed by atoms with Gasteiger partial charge in [-0.1, -0.05) is 13.8 Å². The summed E-state index contributed by atoms with van der Waals surface area (Å²) in [6.45, 7) is 6.08. The monoisotopic (exact) mass is 275 g/mol. The van der Waals surface area contributed by atoms with Gasteiger partial charge in [-0.15, -0.1) is 0 Å². The molecule has 0 bridgehead atoms. The highest BCUT2D eigenvalue weighted by molar-refractivity contribution is 5.76. The SMILES string of the molecule is CNc1cc(CN2CCC(C(C)C)CCC2=O)ccn1. The smallest absolute Gasteiger partial charge is 0.222 e. The van der Waals surface area contributed by atoms with Crippen molar-refractivity contribution in [3.8, 4) is 0 Å². The lowest BCUT2D eigenvalue weighted by molar-refractivity contribution is -0.131. The summed E-state index contributed by atoms with van der Waals surface area (Å²) in [6.07, 6.45) is 4.63. The quantitative estimate of drug-likeness (QED) is 0.919. The van der Waals surface area contributed by atoms with Gasteiger partial charge in [-0.3, -0.25) is 4.79 Å². The van der Waals surface area contributed by atoms with Crippen LogP contribution in [0.5, 0.6) is 0 Å². The second-order valence-electron chi connectivity index (χ2n) is 5.95. The van der Waals surface area contributed by atoms with E-state index in [9.17, 15) is 4.79 Å². The molecule has 1 aromatic rings. The van der Waals surface area contributed by atoms with Gasteiger partial charge in [-0.05, 0) is 42.4 Å². The second kappa shape index (κ2) is 6.73. The minimum atomic E-state index is 0.288. The Balaban J connectivity index is 2.02. The van der Waals surface area contributed by atoms with E-state index in [0.717, 1.165) is 30.8 Å². The molecule has 0 radical (unpaired) electrons. The minimum Gasteiger partial charge on any atom is -0.373 e. The number of rotatable bonds is 4. The van der Waals surface area contributed by atoms with Crippen LogP contribution < -0.4 is 5.32 Å². The number of nitrogens with one attached hydrogen (secondary N) is 1. The number of nitrogens with zero attached hydrogens (tertiary/aromatic N) is 2. The number of hydrogen-bond donors (Lipinski definition) is 1. The first kappa shape index (κ1) is 14.8. The topological polar surface area (TPSA) is 45.2 Å². The van der Waals surface area contributed by atoms with Crippen molar-refractivity contribution in [1.29, 1.82) is 0 Å². The number of hydrogen-bond acceptors (Lipinski definition) is 3. The van der Waals surface area contributed by atoms with E-state index >= 15 is 0 Å². The van der Waals surface area contributed by atoms with Crippen LogP contribution in [0.4, 0.5) is 5.82 Å². The number of aromatic nitrogens is 1. The van der Waals surface area contributed by atoms with Crippen LogP contribution in [0.1, 0.15) is 38.7 Å². The molecular weight excluding hydrogens is 250 g/mol. The van der Waals surface area contributed by atoms with Crippen molar-refractivity contribution in [2.45, 2.75) is 39.7 Å². The van der Waals surface area contributed by atoms with E-state index in [0.29, 0.717) is 24.8 Å². The highest BCUT2D eigenvalue weighted by Crippen LogP contribution is 2.26. The van der Waals surface area contributed by atoms with Gasteiger partial charge < -0.3 is 10.2 Å². The summed E-state index contributed by atoms with van der Waals surface area (Å²) < 4.78 is 0. The van der Waals surface area contributed by atoms with E-state index in [2.05, 4.69) is 24.1 Å². The molecule has 1 saturated heterocycles. The van der Waals surface area contributed by atoms with Gasteiger partial charge in [0.15, 0.2) is 0 Å². The van der Waals surface area contributed by atoms with Crippen LogP contribution in [-0.2, 0) is 11.3 Å². The predicted octanol–water partition coefficient (Wildman–Crippen LogP) is 2.91. The molecule has 4 nitrogen and oxygen atoms in total. The average Bonchev–Trinajstić information content (AvgIpc) is 2.62. The number of pyridine rings is 1. The Morgan fingerprint density at radius 3 is 2.95 bits per heavy atom. The zero-order valence-electron chi connectivity index (χ0n) is 12.7. The lowest BCUT2D eigenvalue weighted by Gasteiger charge is -2.22. The summed E-state index contributed by atoms with van der Waals surface area (Å²) in [4.78, 5) is 18.4. The fourth-order valence-corrected chi connectivity index (χ4v) is 2.82. The third kappa shape index (κ3) is 3.71. The molecule has 1 N–H and O–H groups in total. The van der Waals surface area contributed by atoms with Gasteiger partial charge in [0.1, 0.15) is 5.82 Å². The lowest BCUT2D eigenvalue weighted by atomic mass is 9.89. The van der Waals surface area contributed by atoms with Crippen LogP contribution in [0.2, 0.25) is 0 Å². The Bertz CT molecular complexity index is 459. The maximum absolute atomic E-state index is 12.2. The van der Waals surface area contributed by atoms with E-state index in [4.69, 9.17) is 0 Å². The van der Waals surface area contributed by atoms with Crippen molar-refractivity contribution in [1.82, 2.24) is 9.88 Å². The van der Waals surface area contributed by atoms with Gasteiger partial charge in [0.2, 0.25) is 5.91 Å². The maximum Gasteiger partial charge on any atom is 0.222 e. The molecule has 2 rings (SSSR count). The third-order valence-corrected chi connectivity index (χ3v) is 4.25. The number of amides is 1. The standard InChI is InChI=1S/C16H25N3O/c1-12(2)14-4-5-16(20)19(9-7-14)11-13-6-8-18-15(10-13)17-3/h6,8,10,12,14H,4-5,7,9,11H2,1-3H3,(H,17,18). The zero-order chi connectivity index (χ0) is 14.5. The maximum atomic E-state index is 12.2. The zero-order valence-corrected chi connectivity index (χ0v) is 12.7. The van der Waals surface area contributed by atoms with Gasteiger partial charge in [0.25, 0.3) is 0 Å². The summed E-state index contributed by atoms with van der Waals surface area (Å²) in [7, 11) is 1.86. The third-order valence-electron chi connectivity index (χ3n) is 4.25. The van der Waals surface area contributed by atoms with Crippen LogP contribution in [0, 0.1) is 11.8 Å². The van der Waals surface area contributed by atoms with E-state index < -0.39 is 0 Å². The molecule has 0 aromatic carbocycles. The minimum absolute atomic E-state index is 0.288. The Morgan fingerprint density at radius 2 is 2.25 bits per heavy atom. The van der Waals surface area contributed by atoms with Gasteiger partial charge in [0.05, 0.1) is 0 Å². The molecule has 1 amide bonds. The summed E-state index contributed by atoms with van der Waals surface area (Å²) >= 11 is 0. The van der Waals surface area contributed by atoms with Crippen molar-refractivity contribution in [2.75, 3.05) is 18.9 Å². The molecule has 2 heterocycles. The number of anilines is 1. The van der Waals surface area contributed by atoms with Gasteiger partial charge in [-0.2, -0.15) is 0 Å². The van der Waals surface area contributed by atoms with Gasteiger partial charge in [0, 0.05) is 32.8 Å². The lowest BCUT2D eigenvalue weighted by Crippen LogP contribution is -2.29. The molecule has 1 aliphatic heterocycles. The highest BCUT2D eigenvalue weighted by Gasteiger charge is 2.24. The van der Waals surface area contributed by atoms with Crippen LogP contribution in [0.3, 0.4) is 0 Å². The van der Waals surface area contributed by atoms with Crippen LogP contribution in [0.25, 0.3) is 0 Å². The highest BCUT2D eigenvalue weighted by atomic mass is 16.2. The van der Waals surface area contributed by atoms with E-state index in [1.807, 2.05) is 24.1 Å². The Kier molecular flexibility index (Phi) is 4.99. The normalized spacial score (nSPS) is 20.1. The fourth-order valence-electron chi connectivity index (χ4n) is 2.82. The average molecular weight is 275 g/mol. The number of carbonyl (C=O) groups excluding carboxylic acids is 1. The molecule has 110 valence electrons.